The number of hydrogen-bond acceptors (Lipinski definition) is 3. The van der Waals surface area contributed by atoms with Crippen LogP contribution >= 0.6 is 0 Å². The maximum absolute atomic E-state index is 13.9. The van der Waals surface area contributed by atoms with E-state index in [2.05, 4.69) is 5.32 Å². The van der Waals surface area contributed by atoms with Crippen LogP contribution in [-0.2, 0) is 13.2 Å². The Hall–Kier alpha value is -3.01. The zero-order valence-corrected chi connectivity index (χ0v) is 14.7. The first-order valence-electron chi connectivity index (χ1n) is 8.67. The second kappa shape index (κ2) is 8.90. The fraction of sp³-hybridized carbons (Fsp3) is 0.182. The lowest BCUT2D eigenvalue weighted by Crippen LogP contribution is -2.06. The van der Waals surface area contributed by atoms with E-state index in [1.54, 1.807) is 18.2 Å². The van der Waals surface area contributed by atoms with E-state index in [9.17, 15) is 4.39 Å². The van der Waals surface area contributed by atoms with Gasteiger partial charge in [0, 0.05) is 23.4 Å². The van der Waals surface area contributed by atoms with Gasteiger partial charge in [-0.05, 0) is 31.2 Å². The van der Waals surface area contributed by atoms with Crippen LogP contribution in [0.2, 0.25) is 0 Å². The molecule has 0 aliphatic carbocycles. The van der Waals surface area contributed by atoms with E-state index >= 15 is 0 Å². The highest BCUT2D eigenvalue weighted by Gasteiger charge is 2.12. The van der Waals surface area contributed by atoms with Gasteiger partial charge in [0.2, 0.25) is 0 Å². The lowest BCUT2D eigenvalue weighted by molar-refractivity contribution is 0.263. The minimum Gasteiger partial charge on any atom is -0.490 e. The van der Waals surface area contributed by atoms with Gasteiger partial charge in [-0.1, -0.05) is 48.5 Å². The summed E-state index contributed by atoms with van der Waals surface area (Å²) >= 11 is 0. The number of ether oxygens (including phenoxy) is 2. The van der Waals surface area contributed by atoms with E-state index in [-0.39, 0.29) is 12.4 Å². The van der Waals surface area contributed by atoms with E-state index in [4.69, 9.17) is 9.47 Å². The van der Waals surface area contributed by atoms with E-state index < -0.39 is 0 Å². The number of nitrogens with one attached hydrogen (secondary N) is 1. The molecule has 3 nitrogen and oxygen atoms in total. The van der Waals surface area contributed by atoms with Crippen molar-refractivity contribution in [1.82, 2.24) is 0 Å². The van der Waals surface area contributed by atoms with Crippen LogP contribution in [0.3, 0.4) is 0 Å². The second-order valence-corrected chi connectivity index (χ2v) is 5.78. The fourth-order valence-corrected chi connectivity index (χ4v) is 2.65. The molecule has 4 heteroatoms. The van der Waals surface area contributed by atoms with Crippen LogP contribution < -0.4 is 14.8 Å². The molecule has 0 aliphatic rings. The Balaban J connectivity index is 1.79. The highest BCUT2D eigenvalue weighted by atomic mass is 19.1. The summed E-state index contributed by atoms with van der Waals surface area (Å²) in [4.78, 5) is 0. The molecule has 134 valence electrons. The first-order chi connectivity index (χ1) is 12.8. The molecule has 0 saturated carbocycles. The molecule has 0 aliphatic heterocycles. The number of anilines is 1. The summed E-state index contributed by atoms with van der Waals surface area (Å²) in [6.45, 7) is 3.19. The Morgan fingerprint density at radius 2 is 1.54 bits per heavy atom. The van der Waals surface area contributed by atoms with Crippen molar-refractivity contribution in [2.24, 2.45) is 0 Å². The summed E-state index contributed by atoms with van der Waals surface area (Å²) in [5, 5.41) is 3.37. The minimum absolute atomic E-state index is 0.148. The second-order valence-electron chi connectivity index (χ2n) is 5.78. The SMILES string of the molecule is CCOc1cccc(CNc2ccccc2)c1OCc1ccccc1F. The maximum atomic E-state index is 13.9. The van der Waals surface area contributed by atoms with E-state index in [0.717, 1.165) is 11.3 Å². The zero-order chi connectivity index (χ0) is 18.2. The Kier molecular flexibility index (Phi) is 6.09. The Bertz CT molecular complexity index is 837. The van der Waals surface area contributed by atoms with Gasteiger partial charge in [0.15, 0.2) is 11.5 Å². The molecular weight excluding hydrogens is 329 g/mol. The molecule has 3 aromatic rings. The van der Waals surface area contributed by atoms with Crippen molar-refractivity contribution in [3.05, 3.63) is 89.7 Å². The molecule has 1 N–H and O–H groups in total. The topological polar surface area (TPSA) is 30.5 Å². The van der Waals surface area contributed by atoms with Gasteiger partial charge in [0.25, 0.3) is 0 Å². The largest absolute Gasteiger partial charge is 0.490 e. The molecule has 3 aromatic carbocycles. The molecule has 0 unspecified atom stereocenters. The predicted molar refractivity (Wildman–Crippen MR) is 102 cm³/mol. The Morgan fingerprint density at radius 1 is 0.808 bits per heavy atom. The quantitative estimate of drug-likeness (QED) is 0.588. The standard InChI is InChI=1S/C22H22FNO2/c1-2-25-21-14-8-10-17(15-24-19-11-4-3-5-12-19)22(21)26-16-18-9-6-7-13-20(18)23/h3-14,24H,2,15-16H2,1H3. The molecule has 0 fully saturated rings. The lowest BCUT2D eigenvalue weighted by atomic mass is 10.1. The van der Waals surface area contributed by atoms with Crippen molar-refractivity contribution in [2.45, 2.75) is 20.1 Å². The summed E-state index contributed by atoms with van der Waals surface area (Å²) in [7, 11) is 0. The molecule has 0 spiro atoms. The van der Waals surface area contributed by atoms with E-state index in [0.29, 0.717) is 30.2 Å². The zero-order valence-electron chi connectivity index (χ0n) is 14.7. The van der Waals surface area contributed by atoms with Gasteiger partial charge in [0.1, 0.15) is 12.4 Å². The number of para-hydroxylation sites is 2. The smallest absolute Gasteiger partial charge is 0.166 e. The molecule has 0 radical (unpaired) electrons. The molecule has 0 saturated heterocycles. The molecular formula is C22H22FNO2. The number of rotatable bonds is 8. The van der Waals surface area contributed by atoms with Gasteiger partial charge in [-0.25, -0.2) is 4.39 Å². The van der Waals surface area contributed by atoms with Crippen LogP contribution in [0.4, 0.5) is 10.1 Å². The summed E-state index contributed by atoms with van der Waals surface area (Å²) < 4.78 is 25.6. The summed E-state index contributed by atoms with van der Waals surface area (Å²) in [5.41, 5.74) is 2.49. The highest BCUT2D eigenvalue weighted by Crippen LogP contribution is 2.33. The predicted octanol–water partition coefficient (Wildman–Crippen LogP) is 5.42. The molecule has 0 bridgehead atoms. The Labute approximate surface area is 153 Å². The van der Waals surface area contributed by atoms with Crippen molar-refractivity contribution in [1.29, 1.82) is 0 Å². The third-order valence-electron chi connectivity index (χ3n) is 3.95. The van der Waals surface area contributed by atoms with Crippen molar-refractivity contribution in [3.63, 3.8) is 0 Å². The van der Waals surface area contributed by atoms with Crippen molar-refractivity contribution >= 4 is 5.69 Å². The van der Waals surface area contributed by atoms with Gasteiger partial charge in [0.05, 0.1) is 6.61 Å². The van der Waals surface area contributed by atoms with Gasteiger partial charge in [-0.2, -0.15) is 0 Å². The average Bonchev–Trinajstić information content (AvgIpc) is 2.68. The van der Waals surface area contributed by atoms with Crippen LogP contribution in [0.5, 0.6) is 11.5 Å². The summed E-state index contributed by atoms with van der Waals surface area (Å²) in [6, 6.07) is 22.4. The van der Waals surface area contributed by atoms with Crippen LogP contribution in [0.1, 0.15) is 18.1 Å². The van der Waals surface area contributed by atoms with Crippen LogP contribution in [0.15, 0.2) is 72.8 Å². The maximum Gasteiger partial charge on any atom is 0.166 e. The average molecular weight is 351 g/mol. The fourth-order valence-electron chi connectivity index (χ4n) is 2.65. The van der Waals surface area contributed by atoms with Crippen LogP contribution in [-0.4, -0.2) is 6.61 Å². The van der Waals surface area contributed by atoms with Gasteiger partial charge >= 0.3 is 0 Å². The molecule has 0 heterocycles. The first kappa shape index (κ1) is 17.8. The third-order valence-corrected chi connectivity index (χ3v) is 3.95. The first-order valence-corrected chi connectivity index (χ1v) is 8.67. The molecule has 0 atom stereocenters. The highest BCUT2D eigenvalue weighted by molar-refractivity contribution is 5.50. The molecule has 26 heavy (non-hydrogen) atoms. The van der Waals surface area contributed by atoms with Gasteiger partial charge < -0.3 is 14.8 Å². The Morgan fingerprint density at radius 3 is 2.31 bits per heavy atom. The molecule has 0 amide bonds. The van der Waals surface area contributed by atoms with Gasteiger partial charge in [-0.15, -0.1) is 0 Å². The van der Waals surface area contributed by atoms with E-state index in [1.807, 2.05) is 55.5 Å². The number of hydrogen-bond donors (Lipinski definition) is 1. The van der Waals surface area contributed by atoms with E-state index in [1.165, 1.54) is 6.07 Å². The lowest BCUT2D eigenvalue weighted by Gasteiger charge is -2.17. The minimum atomic E-state index is -0.273. The van der Waals surface area contributed by atoms with Crippen molar-refractivity contribution in [2.75, 3.05) is 11.9 Å². The number of halogens is 1. The summed E-state index contributed by atoms with van der Waals surface area (Å²) in [6.07, 6.45) is 0. The number of benzene rings is 3. The monoisotopic (exact) mass is 351 g/mol. The molecule has 3 rings (SSSR count). The third kappa shape index (κ3) is 4.54. The summed E-state index contributed by atoms with van der Waals surface area (Å²) in [5.74, 6) is 1.03. The van der Waals surface area contributed by atoms with Crippen molar-refractivity contribution in [3.8, 4) is 11.5 Å². The molecule has 0 aromatic heterocycles. The van der Waals surface area contributed by atoms with Crippen LogP contribution in [0, 0.1) is 5.82 Å². The normalized spacial score (nSPS) is 10.4. The van der Waals surface area contributed by atoms with Gasteiger partial charge in [-0.3, -0.25) is 0 Å². The van der Waals surface area contributed by atoms with Crippen molar-refractivity contribution < 1.29 is 13.9 Å². The van der Waals surface area contributed by atoms with Crippen LogP contribution in [0.25, 0.3) is 0 Å².